The Morgan fingerprint density at radius 2 is 2.03 bits per heavy atom. The summed E-state index contributed by atoms with van der Waals surface area (Å²) in [5, 5.41) is 17.8. The number of nitrogens with zero attached hydrogens (tertiary/aromatic N) is 2. The van der Waals surface area contributed by atoms with Crippen molar-refractivity contribution in [1.82, 2.24) is 15.4 Å². The highest BCUT2D eigenvalue weighted by atomic mass is 16.5. The first-order valence-electron chi connectivity index (χ1n) is 11.7. The van der Waals surface area contributed by atoms with Crippen LogP contribution in [0.1, 0.15) is 53.5 Å². The highest BCUT2D eigenvalue weighted by Gasteiger charge is 2.27. The fraction of sp³-hybridized carbons (Fsp3) is 0.407. The number of hydrogen-bond acceptors (Lipinski definition) is 5. The summed E-state index contributed by atoms with van der Waals surface area (Å²) in [5.74, 6) is 0.736. The Hall–Kier alpha value is -3.12. The van der Waals surface area contributed by atoms with Crippen molar-refractivity contribution >= 4 is 5.91 Å². The van der Waals surface area contributed by atoms with Crippen molar-refractivity contribution in [3.05, 3.63) is 58.3 Å². The molecule has 2 aromatic carbocycles. The summed E-state index contributed by atoms with van der Waals surface area (Å²) >= 11 is 0. The molecule has 6 heteroatoms. The van der Waals surface area contributed by atoms with Gasteiger partial charge in [0.1, 0.15) is 5.75 Å². The number of phenols is 1. The smallest absolute Gasteiger partial charge is 0.274 e. The minimum absolute atomic E-state index is 0.124. The topological polar surface area (TPSA) is 78.6 Å². The van der Waals surface area contributed by atoms with Crippen LogP contribution in [0.2, 0.25) is 0 Å². The van der Waals surface area contributed by atoms with Crippen molar-refractivity contribution in [2.75, 3.05) is 20.1 Å². The fourth-order valence-electron chi connectivity index (χ4n) is 4.57. The van der Waals surface area contributed by atoms with Crippen molar-refractivity contribution in [3.8, 4) is 28.2 Å². The average Bonchev–Trinajstić information content (AvgIpc) is 3.20. The number of carbonyl (C=O) groups is 1. The molecule has 1 amide bonds. The summed E-state index contributed by atoms with van der Waals surface area (Å²) in [5.41, 5.74) is 7.05. The molecular formula is C27H33N3O3. The molecule has 1 aliphatic rings. The predicted octanol–water partition coefficient (Wildman–Crippen LogP) is 4.96. The monoisotopic (exact) mass is 447 g/mol. The molecule has 1 aliphatic heterocycles. The van der Waals surface area contributed by atoms with Crippen LogP contribution in [0.5, 0.6) is 5.75 Å². The number of phenolic OH excluding ortho intramolecular Hbond substituents is 1. The van der Waals surface area contributed by atoms with Gasteiger partial charge in [-0.25, -0.2) is 0 Å². The van der Waals surface area contributed by atoms with E-state index in [0.717, 1.165) is 42.6 Å². The number of hydrogen-bond donors (Lipinski definition) is 2. The van der Waals surface area contributed by atoms with Gasteiger partial charge in [-0.2, -0.15) is 0 Å². The van der Waals surface area contributed by atoms with E-state index in [-0.39, 0.29) is 17.4 Å². The van der Waals surface area contributed by atoms with E-state index >= 15 is 0 Å². The van der Waals surface area contributed by atoms with Crippen molar-refractivity contribution in [3.63, 3.8) is 0 Å². The highest BCUT2D eigenvalue weighted by molar-refractivity contribution is 6.02. The van der Waals surface area contributed by atoms with Gasteiger partial charge in [-0.3, -0.25) is 4.79 Å². The summed E-state index contributed by atoms with van der Waals surface area (Å²) in [6, 6.07) is 10.0. The number of aromatic nitrogens is 1. The van der Waals surface area contributed by atoms with Gasteiger partial charge in [-0.1, -0.05) is 37.2 Å². The van der Waals surface area contributed by atoms with Gasteiger partial charge >= 0.3 is 0 Å². The summed E-state index contributed by atoms with van der Waals surface area (Å²) < 4.78 is 5.77. The lowest BCUT2D eigenvalue weighted by molar-refractivity contribution is 0.0947. The van der Waals surface area contributed by atoms with Gasteiger partial charge in [0.25, 0.3) is 5.91 Å². The second-order valence-corrected chi connectivity index (χ2v) is 9.46. The molecule has 33 heavy (non-hydrogen) atoms. The first-order chi connectivity index (χ1) is 15.8. The predicted molar refractivity (Wildman–Crippen MR) is 130 cm³/mol. The largest absolute Gasteiger partial charge is 0.507 e. The van der Waals surface area contributed by atoms with Crippen molar-refractivity contribution < 1.29 is 14.4 Å². The Morgan fingerprint density at radius 3 is 2.76 bits per heavy atom. The van der Waals surface area contributed by atoms with Crippen LogP contribution in [-0.2, 0) is 19.4 Å². The molecule has 1 aromatic heterocycles. The van der Waals surface area contributed by atoms with Crippen LogP contribution in [0.3, 0.4) is 0 Å². The maximum Gasteiger partial charge on any atom is 0.274 e. The normalized spacial score (nSPS) is 13.9. The quantitative estimate of drug-likeness (QED) is 0.558. The van der Waals surface area contributed by atoms with Gasteiger partial charge in [0, 0.05) is 19.6 Å². The molecule has 0 aliphatic carbocycles. The third kappa shape index (κ3) is 4.67. The first kappa shape index (κ1) is 23.1. The van der Waals surface area contributed by atoms with E-state index < -0.39 is 0 Å². The van der Waals surface area contributed by atoms with Crippen LogP contribution in [0, 0.1) is 12.8 Å². The Bertz CT molecular complexity index is 1180. The van der Waals surface area contributed by atoms with Crippen LogP contribution in [0.25, 0.3) is 22.5 Å². The minimum Gasteiger partial charge on any atom is -0.507 e. The number of aromatic hydroxyl groups is 1. The number of amides is 1. The maximum atomic E-state index is 12.9. The average molecular weight is 448 g/mol. The molecule has 2 N–H and O–H groups in total. The Kier molecular flexibility index (Phi) is 6.56. The zero-order chi connectivity index (χ0) is 23.7. The van der Waals surface area contributed by atoms with Gasteiger partial charge in [0.05, 0.1) is 11.1 Å². The molecule has 0 unspecified atom stereocenters. The summed E-state index contributed by atoms with van der Waals surface area (Å²) in [6.07, 6.45) is 1.84. The van der Waals surface area contributed by atoms with Crippen LogP contribution < -0.4 is 5.32 Å². The van der Waals surface area contributed by atoms with E-state index in [1.165, 1.54) is 11.1 Å². The second kappa shape index (κ2) is 9.40. The second-order valence-electron chi connectivity index (χ2n) is 9.46. The first-order valence-corrected chi connectivity index (χ1v) is 11.7. The zero-order valence-electron chi connectivity index (χ0n) is 20.2. The number of aryl methyl sites for hydroxylation is 1. The molecule has 0 saturated heterocycles. The molecule has 0 fully saturated rings. The van der Waals surface area contributed by atoms with Crippen LogP contribution in [-0.4, -0.2) is 41.2 Å². The molecule has 6 nitrogen and oxygen atoms in total. The number of carbonyl (C=O) groups excluding carboxylic acids is 1. The zero-order valence-corrected chi connectivity index (χ0v) is 20.2. The Balaban J connectivity index is 1.89. The van der Waals surface area contributed by atoms with Crippen LogP contribution in [0.15, 0.2) is 34.9 Å². The van der Waals surface area contributed by atoms with E-state index in [9.17, 15) is 9.90 Å². The van der Waals surface area contributed by atoms with Crippen LogP contribution >= 0.6 is 0 Å². The molecule has 0 bridgehead atoms. The molecule has 174 valence electrons. The number of likely N-dealkylation sites (N-methyl/N-ethyl adjacent to an activating group) is 1. The molecular weight excluding hydrogens is 414 g/mol. The summed E-state index contributed by atoms with van der Waals surface area (Å²) in [4.78, 5) is 15.2. The van der Waals surface area contributed by atoms with E-state index in [4.69, 9.17) is 4.52 Å². The molecule has 0 atom stereocenters. The third-order valence-electron chi connectivity index (χ3n) is 6.27. The van der Waals surface area contributed by atoms with Gasteiger partial charge in [0.2, 0.25) is 0 Å². The lowest BCUT2D eigenvalue weighted by atomic mass is 9.90. The van der Waals surface area contributed by atoms with Crippen molar-refractivity contribution in [1.29, 1.82) is 0 Å². The maximum absolute atomic E-state index is 12.9. The van der Waals surface area contributed by atoms with Crippen molar-refractivity contribution in [2.45, 2.75) is 47.1 Å². The van der Waals surface area contributed by atoms with E-state index in [2.05, 4.69) is 48.4 Å². The molecule has 3 aromatic rings. The minimum atomic E-state index is -0.283. The van der Waals surface area contributed by atoms with Crippen LogP contribution in [0.4, 0.5) is 0 Å². The van der Waals surface area contributed by atoms with E-state index in [1.807, 2.05) is 26.0 Å². The summed E-state index contributed by atoms with van der Waals surface area (Å²) in [7, 11) is 2.12. The third-order valence-corrected chi connectivity index (χ3v) is 6.27. The molecule has 0 radical (unpaired) electrons. The standard InChI is InChI=1S/C27H33N3O3/c1-6-28-27(32)25-24(19-7-8-20-15-30(5)10-9-18(20)13-19)26(33-29-25)22-14-21(11-16(2)3)17(4)12-23(22)31/h7-8,12-14,16,31H,6,9-11,15H2,1-5H3,(H,28,32). The van der Waals surface area contributed by atoms with Gasteiger partial charge in [0.15, 0.2) is 11.5 Å². The van der Waals surface area contributed by atoms with E-state index in [1.54, 1.807) is 6.07 Å². The van der Waals surface area contributed by atoms with Gasteiger partial charge in [-0.15, -0.1) is 0 Å². The number of benzene rings is 2. The molecule has 2 heterocycles. The lowest BCUT2D eigenvalue weighted by Gasteiger charge is -2.25. The molecule has 4 rings (SSSR count). The van der Waals surface area contributed by atoms with Gasteiger partial charge in [-0.05, 0) is 79.6 Å². The Labute approximate surface area is 195 Å². The van der Waals surface area contributed by atoms with E-state index in [0.29, 0.717) is 29.3 Å². The van der Waals surface area contributed by atoms with Gasteiger partial charge < -0.3 is 19.8 Å². The molecule has 0 spiro atoms. The lowest BCUT2D eigenvalue weighted by Crippen LogP contribution is -2.26. The summed E-state index contributed by atoms with van der Waals surface area (Å²) in [6.45, 7) is 10.6. The number of rotatable bonds is 6. The highest BCUT2D eigenvalue weighted by Crippen LogP contribution is 2.41. The SMILES string of the molecule is CCNC(=O)c1noc(-c2cc(CC(C)C)c(C)cc2O)c1-c1ccc2c(c1)CCN(C)C2. The van der Waals surface area contributed by atoms with Crippen molar-refractivity contribution in [2.24, 2.45) is 5.92 Å². The number of fused-ring (bicyclic) bond motifs is 1. The Morgan fingerprint density at radius 1 is 1.24 bits per heavy atom. The fourth-order valence-corrected chi connectivity index (χ4v) is 4.57. The molecule has 0 saturated carbocycles. The number of nitrogens with one attached hydrogen (secondary N) is 1.